The Hall–Kier alpha value is -1.46. The number of nitrogens with one attached hydrogen (secondary N) is 2. The van der Waals surface area contributed by atoms with E-state index in [9.17, 15) is 9.59 Å². The molecule has 0 aromatic heterocycles. The van der Waals surface area contributed by atoms with Gasteiger partial charge in [-0.2, -0.15) is 0 Å². The monoisotopic (exact) mass is 254 g/mol. The van der Waals surface area contributed by atoms with Crippen molar-refractivity contribution >= 4 is 12.1 Å². The minimum Gasteiger partial charge on any atom is -0.335 e. The maximum atomic E-state index is 11.4. The smallest absolute Gasteiger partial charge is 0.335 e. The van der Waals surface area contributed by atoms with E-state index >= 15 is 0 Å². The molecule has 4 amide bonds. The van der Waals surface area contributed by atoms with Gasteiger partial charge in [0.05, 0.1) is 0 Å². The van der Waals surface area contributed by atoms with Crippen LogP contribution in [0.1, 0.15) is 51.9 Å². The van der Waals surface area contributed by atoms with Gasteiger partial charge in [0, 0.05) is 12.6 Å². The molecule has 0 heterocycles. The van der Waals surface area contributed by atoms with Crippen LogP contribution in [0, 0.1) is 0 Å². The number of hydrogen-bond donors (Lipinski definition) is 2. The van der Waals surface area contributed by atoms with Gasteiger partial charge in [-0.05, 0) is 19.3 Å². The molecular formula is C12H22N4O2. The second-order valence-electron chi connectivity index (χ2n) is 4.57. The molecule has 1 aliphatic rings. The van der Waals surface area contributed by atoms with Crippen LogP contribution in [0.3, 0.4) is 0 Å². The van der Waals surface area contributed by atoms with Crippen molar-refractivity contribution in [2.24, 2.45) is 10.2 Å². The Morgan fingerprint density at radius 2 is 1.78 bits per heavy atom. The first kappa shape index (κ1) is 14.6. The molecule has 1 fully saturated rings. The van der Waals surface area contributed by atoms with Crippen molar-refractivity contribution < 1.29 is 9.59 Å². The molecule has 1 rings (SSSR count). The molecule has 1 aliphatic carbocycles. The molecule has 0 atom stereocenters. The quantitative estimate of drug-likeness (QED) is 0.597. The Kier molecular flexibility index (Phi) is 6.98. The molecule has 6 heteroatoms. The lowest BCUT2D eigenvalue weighted by atomic mass is 9.96. The predicted molar refractivity (Wildman–Crippen MR) is 68.6 cm³/mol. The fraction of sp³-hybridized carbons (Fsp3) is 0.833. The van der Waals surface area contributed by atoms with Crippen LogP contribution in [0.4, 0.5) is 9.59 Å². The molecule has 18 heavy (non-hydrogen) atoms. The Morgan fingerprint density at radius 1 is 1.11 bits per heavy atom. The number of carbonyl (C=O) groups is 2. The molecule has 0 aromatic rings. The molecule has 0 aliphatic heterocycles. The summed E-state index contributed by atoms with van der Waals surface area (Å²) in [5.41, 5.74) is 0. The zero-order chi connectivity index (χ0) is 13.2. The number of azo groups is 1. The third kappa shape index (κ3) is 6.32. The summed E-state index contributed by atoms with van der Waals surface area (Å²) in [5.74, 6) is 0. The summed E-state index contributed by atoms with van der Waals surface area (Å²) in [6, 6.07) is -0.886. The maximum absolute atomic E-state index is 11.4. The first-order valence-corrected chi connectivity index (χ1v) is 6.72. The highest BCUT2D eigenvalue weighted by atomic mass is 16.2. The van der Waals surface area contributed by atoms with Gasteiger partial charge in [0.1, 0.15) is 0 Å². The minimum absolute atomic E-state index is 0.188. The number of nitrogens with zero attached hydrogens (tertiary/aromatic N) is 2. The summed E-state index contributed by atoms with van der Waals surface area (Å²) >= 11 is 0. The van der Waals surface area contributed by atoms with Crippen LogP contribution in [0.15, 0.2) is 10.2 Å². The molecule has 0 unspecified atom stereocenters. The topological polar surface area (TPSA) is 82.9 Å². The highest BCUT2D eigenvalue weighted by Crippen LogP contribution is 2.17. The van der Waals surface area contributed by atoms with E-state index in [1.165, 1.54) is 6.42 Å². The number of unbranched alkanes of at least 4 members (excludes halogenated alkanes) is 1. The van der Waals surface area contributed by atoms with Gasteiger partial charge >= 0.3 is 12.1 Å². The van der Waals surface area contributed by atoms with Gasteiger partial charge in [-0.15, -0.1) is 0 Å². The summed E-state index contributed by atoms with van der Waals surface area (Å²) < 4.78 is 0. The number of carbonyl (C=O) groups excluding carboxylic acids is 2. The van der Waals surface area contributed by atoms with Crippen LogP contribution >= 0.6 is 0 Å². The maximum Gasteiger partial charge on any atom is 0.359 e. The summed E-state index contributed by atoms with van der Waals surface area (Å²) in [7, 11) is 0. The zero-order valence-electron chi connectivity index (χ0n) is 10.9. The van der Waals surface area contributed by atoms with Crippen LogP contribution in [-0.2, 0) is 0 Å². The van der Waals surface area contributed by atoms with Gasteiger partial charge < -0.3 is 10.6 Å². The SMILES string of the molecule is CCCCNC(=O)/N=N/C(=O)NC1CCCCC1. The van der Waals surface area contributed by atoms with Crippen LogP contribution in [-0.4, -0.2) is 24.6 Å². The number of rotatable bonds is 4. The van der Waals surface area contributed by atoms with Gasteiger partial charge in [-0.25, -0.2) is 9.59 Å². The van der Waals surface area contributed by atoms with Crippen LogP contribution in [0.2, 0.25) is 0 Å². The van der Waals surface area contributed by atoms with E-state index in [1.807, 2.05) is 6.92 Å². The second-order valence-corrected chi connectivity index (χ2v) is 4.57. The number of amides is 4. The molecule has 1 saturated carbocycles. The van der Waals surface area contributed by atoms with Crippen LogP contribution in [0.25, 0.3) is 0 Å². The third-order valence-electron chi connectivity index (χ3n) is 2.97. The fourth-order valence-electron chi connectivity index (χ4n) is 1.95. The van der Waals surface area contributed by atoms with E-state index in [0.29, 0.717) is 6.54 Å². The van der Waals surface area contributed by atoms with Crippen molar-refractivity contribution in [3.63, 3.8) is 0 Å². The second kappa shape index (κ2) is 8.60. The highest BCUT2D eigenvalue weighted by molar-refractivity contribution is 5.79. The van der Waals surface area contributed by atoms with Crippen molar-refractivity contribution in [3.8, 4) is 0 Å². The van der Waals surface area contributed by atoms with Gasteiger partial charge in [-0.1, -0.05) is 42.8 Å². The van der Waals surface area contributed by atoms with E-state index in [4.69, 9.17) is 0 Å². The molecule has 0 spiro atoms. The van der Waals surface area contributed by atoms with Crippen LogP contribution < -0.4 is 10.6 Å². The normalized spacial score (nSPS) is 16.7. The first-order chi connectivity index (χ1) is 8.72. The van der Waals surface area contributed by atoms with E-state index in [0.717, 1.165) is 38.5 Å². The Labute approximate surface area is 108 Å². The number of hydrogen-bond acceptors (Lipinski definition) is 2. The lowest BCUT2D eigenvalue weighted by Gasteiger charge is -2.21. The lowest BCUT2D eigenvalue weighted by molar-refractivity contribution is 0.236. The molecule has 102 valence electrons. The Bertz CT molecular complexity index is 298. The van der Waals surface area contributed by atoms with Crippen LogP contribution in [0.5, 0.6) is 0 Å². The summed E-state index contributed by atoms with van der Waals surface area (Å²) in [4.78, 5) is 22.6. The molecular weight excluding hydrogens is 232 g/mol. The molecule has 0 bridgehead atoms. The van der Waals surface area contributed by atoms with Gasteiger partial charge in [0.15, 0.2) is 0 Å². The van der Waals surface area contributed by atoms with Crippen molar-refractivity contribution in [1.82, 2.24) is 10.6 Å². The average molecular weight is 254 g/mol. The van der Waals surface area contributed by atoms with Gasteiger partial charge in [0.2, 0.25) is 0 Å². The Balaban J connectivity index is 2.19. The molecule has 6 nitrogen and oxygen atoms in total. The highest BCUT2D eigenvalue weighted by Gasteiger charge is 2.15. The third-order valence-corrected chi connectivity index (χ3v) is 2.97. The summed E-state index contributed by atoms with van der Waals surface area (Å²) in [6.45, 7) is 2.60. The fourth-order valence-corrected chi connectivity index (χ4v) is 1.95. The van der Waals surface area contributed by atoms with E-state index in [-0.39, 0.29) is 6.04 Å². The zero-order valence-corrected chi connectivity index (χ0v) is 10.9. The van der Waals surface area contributed by atoms with E-state index in [2.05, 4.69) is 20.9 Å². The summed E-state index contributed by atoms with van der Waals surface area (Å²) in [6.07, 6.45) is 7.38. The van der Waals surface area contributed by atoms with Gasteiger partial charge in [0.25, 0.3) is 0 Å². The standard InChI is InChI=1S/C12H22N4O2/c1-2-3-9-13-11(17)15-16-12(18)14-10-7-5-4-6-8-10/h10H,2-9H2,1H3,(H,13,17)(H,14,18)/b16-15+. The first-order valence-electron chi connectivity index (χ1n) is 6.72. The Morgan fingerprint density at radius 3 is 2.44 bits per heavy atom. The largest absolute Gasteiger partial charge is 0.359 e. The van der Waals surface area contributed by atoms with Gasteiger partial charge in [-0.3, -0.25) is 0 Å². The lowest BCUT2D eigenvalue weighted by Crippen LogP contribution is -2.34. The van der Waals surface area contributed by atoms with Crippen molar-refractivity contribution in [3.05, 3.63) is 0 Å². The molecule has 2 N–H and O–H groups in total. The summed E-state index contributed by atoms with van der Waals surface area (Å²) in [5, 5.41) is 12.0. The van der Waals surface area contributed by atoms with E-state index in [1.54, 1.807) is 0 Å². The minimum atomic E-state index is -0.553. The average Bonchev–Trinajstić information content (AvgIpc) is 2.38. The predicted octanol–water partition coefficient (Wildman–Crippen LogP) is 2.99. The van der Waals surface area contributed by atoms with Crippen molar-refractivity contribution in [2.75, 3.05) is 6.54 Å². The number of urea groups is 2. The molecule has 0 aromatic carbocycles. The van der Waals surface area contributed by atoms with Crippen molar-refractivity contribution in [1.29, 1.82) is 0 Å². The van der Waals surface area contributed by atoms with E-state index < -0.39 is 12.1 Å². The molecule has 0 saturated heterocycles. The molecule has 0 radical (unpaired) electrons. The van der Waals surface area contributed by atoms with Crippen molar-refractivity contribution in [2.45, 2.75) is 57.9 Å².